The van der Waals surface area contributed by atoms with Gasteiger partial charge < -0.3 is 14.2 Å². The second-order valence-electron chi connectivity index (χ2n) is 3.62. The summed E-state index contributed by atoms with van der Waals surface area (Å²) >= 11 is 0. The van der Waals surface area contributed by atoms with Crippen molar-refractivity contribution >= 4 is 8.56 Å². The quantitative estimate of drug-likeness (QED) is 0.645. The molecule has 1 aliphatic heterocycles. The minimum atomic E-state index is -2.00. The van der Waals surface area contributed by atoms with E-state index in [1.165, 1.54) is 0 Å². The van der Waals surface area contributed by atoms with Crippen LogP contribution in [0.2, 0.25) is 6.55 Å². The molecule has 0 saturated carbocycles. The molecule has 4 nitrogen and oxygen atoms in total. The molecule has 13 heavy (non-hydrogen) atoms. The first-order valence-electron chi connectivity index (χ1n) is 4.65. The summed E-state index contributed by atoms with van der Waals surface area (Å²) in [6.07, 6.45) is 0. The zero-order valence-corrected chi connectivity index (χ0v) is 9.96. The van der Waals surface area contributed by atoms with Crippen molar-refractivity contribution < 1.29 is 8.85 Å². The monoisotopic (exact) mass is 204 g/mol. The molecule has 0 radical (unpaired) electrons. The van der Waals surface area contributed by atoms with Crippen LogP contribution in [0.4, 0.5) is 0 Å². The predicted molar refractivity (Wildman–Crippen MR) is 54.9 cm³/mol. The van der Waals surface area contributed by atoms with Crippen molar-refractivity contribution in [3.8, 4) is 0 Å². The Bertz CT molecular complexity index is 164. The molecule has 1 rings (SSSR count). The highest BCUT2D eigenvalue weighted by Crippen LogP contribution is 2.16. The molecule has 0 aromatic carbocycles. The number of nitrogens with one attached hydrogen (secondary N) is 1. The Kier molecular flexibility index (Phi) is 3.87. The van der Waals surface area contributed by atoms with Crippen LogP contribution in [0.25, 0.3) is 0 Å². The van der Waals surface area contributed by atoms with Gasteiger partial charge in [-0.2, -0.15) is 0 Å². The van der Waals surface area contributed by atoms with Crippen LogP contribution in [0.5, 0.6) is 0 Å². The molecule has 1 atom stereocenters. The zero-order chi connectivity index (χ0) is 9.90. The van der Waals surface area contributed by atoms with Gasteiger partial charge in [0.25, 0.3) is 0 Å². The number of likely N-dealkylation sites (N-methyl/N-ethyl adjacent to an activating group) is 1. The van der Waals surface area contributed by atoms with Crippen molar-refractivity contribution in [2.75, 3.05) is 40.9 Å². The van der Waals surface area contributed by atoms with Gasteiger partial charge in [0, 0.05) is 33.9 Å². The van der Waals surface area contributed by atoms with Crippen LogP contribution in [0.1, 0.15) is 0 Å². The van der Waals surface area contributed by atoms with Crippen LogP contribution in [-0.2, 0) is 8.85 Å². The van der Waals surface area contributed by atoms with Crippen LogP contribution in [0.3, 0.4) is 0 Å². The van der Waals surface area contributed by atoms with Gasteiger partial charge >= 0.3 is 8.56 Å². The second-order valence-corrected chi connectivity index (χ2v) is 7.14. The fourth-order valence-corrected chi connectivity index (χ4v) is 3.90. The Balaban J connectivity index is 2.65. The van der Waals surface area contributed by atoms with E-state index in [2.05, 4.69) is 23.8 Å². The lowest BCUT2D eigenvalue weighted by Gasteiger charge is -2.41. The van der Waals surface area contributed by atoms with E-state index in [1.807, 2.05) is 0 Å². The molecule has 0 spiro atoms. The molecule has 78 valence electrons. The van der Waals surface area contributed by atoms with Gasteiger partial charge in [0.15, 0.2) is 0 Å². The number of nitrogens with zero attached hydrogens (tertiary/aromatic N) is 1. The Morgan fingerprint density at radius 1 is 1.38 bits per heavy atom. The lowest BCUT2D eigenvalue weighted by Crippen LogP contribution is -2.64. The summed E-state index contributed by atoms with van der Waals surface area (Å²) in [4.78, 5) is 2.33. The summed E-state index contributed by atoms with van der Waals surface area (Å²) in [5, 5.41) is 3.37. The van der Waals surface area contributed by atoms with E-state index in [-0.39, 0.29) is 0 Å². The molecule has 0 aromatic rings. The summed E-state index contributed by atoms with van der Waals surface area (Å²) in [5.41, 5.74) is 0.413. The third-order valence-electron chi connectivity index (χ3n) is 2.93. The highest BCUT2D eigenvalue weighted by Gasteiger charge is 2.42. The number of hydrogen-bond donors (Lipinski definition) is 1. The van der Waals surface area contributed by atoms with Gasteiger partial charge in [-0.05, 0) is 13.6 Å². The molecule has 0 amide bonds. The van der Waals surface area contributed by atoms with Gasteiger partial charge in [-0.15, -0.1) is 0 Å². The first-order valence-corrected chi connectivity index (χ1v) is 7.04. The van der Waals surface area contributed by atoms with Crippen molar-refractivity contribution in [2.24, 2.45) is 0 Å². The maximum absolute atomic E-state index is 5.53. The first-order chi connectivity index (χ1) is 6.14. The Labute approximate surface area is 81.5 Å². The highest BCUT2D eigenvalue weighted by atomic mass is 28.4. The smallest absolute Gasteiger partial charge is 0.353 e. The van der Waals surface area contributed by atoms with E-state index < -0.39 is 8.56 Å². The average Bonchev–Trinajstić information content (AvgIpc) is 2.17. The van der Waals surface area contributed by atoms with Crippen LogP contribution in [0, 0.1) is 0 Å². The number of piperazine rings is 1. The molecule has 0 aliphatic carbocycles. The molecule has 1 heterocycles. The van der Waals surface area contributed by atoms with E-state index in [0.717, 1.165) is 19.6 Å². The van der Waals surface area contributed by atoms with Crippen LogP contribution >= 0.6 is 0 Å². The van der Waals surface area contributed by atoms with Crippen molar-refractivity contribution in [2.45, 2.75) is 12.2 Å². The Morgan fingerprint density at radius 2 is 2.00 bits per heavy atom. The molecule has 1 N–H and O–H groups in total. The van der Waals surface area contributed by atoms with Crippen LogP contribution < -0.4 is 5.32 Å². The van der Waals surface area contributed by atoms with E-state index in [9.17, 15) is 0 Å². The molecule has 0 bridgehead atoms. The summed E-state index contributed by atoms with van der Waals surface area (Å²) in [6.45, 7) is 5.22. The van der Waals surface area contributed by atoms with Crippen molar-refractivity contribution in [3.63, 3.8) is 0 Å². The SMILES string of the molecule is CO[Si](C)(OC)C1CNCCN1C. The third kappa shape index (κ3) is 2.29. The van der Waals surface area contributed by atoms with Crippen molar-refractivity contribution in [1.29, 1.82) is 0 Å². The molecule has 0 aromatic heterocycles. The van der Waals surface area contributed by atoms with Gasteiger partial charge in [0.1, 0.15) is 0 Å². The molecular formula is C8H20N2O2Si. The predicted octanol–water partition coefficient (Wildman–Crippen LogP) is -0.206. The third-order valence-corrected chi connectivity index (χ3v) is 6.40. The summed E-state index contributed by atoms with van der Waals surface area (Å²) in [5.74, 6) is 0. The highest BCUT2D eigenvalue weighted by molar-refractivity contribution is 6.67. The van der Waals surface area contributed by atoms with E-state index in [4.69, 9.17) is 8.85 Å². The van der Waals surface area contributed by atoms with Crippen LogP contribution in [-0.4, -0.2) is 60.0 Å². The Morgan fingerprint density at radius 3 is 2.46 bits per heavy atom. The maximum atomic E-state index is 5.53. The molecule has 5 heteroatoms. The standard InChI is InChI=1S/C8H20N2O2Si/c1-10-6-5-9-7-8(10)13(4,11-2)12-3/h8-9H,5-7H2,1-4H3. The minimum Gasteiger partial charge on any atom is -0.397 e. The second kappa shape index (κ2) is 4.52. The molecule has 1 aliphatic rings. The molecular weight excluding hydrogens is 184 g/mol. The lowest BCUT2D eigenvalue weighted by atomic mass is 10.4. The van der Waals surface area contributed by atoms with E-state index in [0.29, 0.717) is 5.67 Å². The topological polar surface area (TPSA) is 33.7 Å². The number of hydrogen-bond acceptors (Lipinski definition) is 4. The largest absolute Gasteiger partial charge is 0.397 e. The first kappa shape index (κ1) is 11.1. The fourth-order valence-electron chi connectivity index (χ4n) is 1.75. The lowest BCUT2D eigenvalue weighted by molar-refractivity contribution is 0.163. The minimum absolute atomic E-state index is 0.413. The van der Waals surface area contributed by atoms with Gasteiger partial charge in [-0.3, -0.25) is 4.90 Å². The Hall–Kier alpha value is 0.0569. The van der Waals surface area contributed by atoms with Gasteiger partial charge in [-0.25, -0.2) is 0 Å². The zero-order valence-electron chi connectivity index (χ0n) is 8.96. The summed E-state index contributed by atoms with van der Waals surface area (Å²) in [7, 11) is 3.63. The van der Waals surface area contributed by atoms with Gasteiger partial charge in [-0.1, -0.05) is 0 Å². The van der Waals surface area contributed by atoms with Gasteiger partial charge in [0.2, 0.25) is 0 Å². The fraction of sp³-hybridized carbons (Fsp3) is 1.00. The molecule has 1 fully saturated rings. The van der Waals surface area contributed by atoms with Gasteiger partial charge in [0.05, 0.1) is 5.67 Å². The average molecular weight is 204 g/mol. The van der Waals surface area contributed by atoms with Crippen molar-refractivity contribution in [1.82, 2.24) is 10.2 Å². The van der Waals surface area contributed by atoms with E-state index >= 15 is 0 Å². The normalized spacial score (nSPS) is 26.3. The number of rotatable bonds is 3. The maximum Gasteiger partial charge on any atom is 0.353 e. The summed E-state index contributed by atoms with van der Waals surface area (Å²) < 4.78 is 11.1. The molecule has 1 saturated heterocycles. The van der Waals surface area contributed by atoms with Crippen LogP contribution in [0.15, 0.2) is 0 Å². The van der Waals surface area contributed by atoms with E-state index in [1.54, 1.807) is 14.2 Å². The summed E-state index contributed by atoms with van der Waals surface area (Å²) in [6, 6.07) is 0. The molecule has 1 unspecified atom stereocenters. The van der Waals surface area contributed by atoms with Crippen molar-refractivity contribution in [3.05, 3.63) is 0 Å².